The van der Waals surface area contributed by atoms with Gasteiger partial charge < -0.3 is 24.3 Å². The van der Waals surface area contributed by atoms with Crippen LogP contribution in [0.25, 0.3) is 0 Å². The van der Waals surface area contributed by atoms with Crippen molar-refractivity contribution in [2.75, 3.05) is 33.5 Å². The Bertz CT molecular complexity index is 672. The van der Waals surface area contributed by atoms with Crippen molar-refractivity contribution in [2.45, 2.75) is 13.3 Å². The molecule has 0 bridgehead atoms. The van der Waals surface area contributed by atoms with Crippen LogP contribution in [0.2, 0.25) is 0 Å². The van der Waals surface area contributed by atoms with Crippen LogP contribution >= 0.6 is 0 Å². The molecule has 140 valence electrons. The maximum Gasteiger partial charge on any atom is 0.223 e. The second-order valence-electron chi connectivity index (χ2n) is 5.35. The Balaban J connectivity index is 1.60. The van der Waals surface area contributed by atoms with Gasteiger partial charge in [-0.1, -0.05) is 12.1 Å². The molecule has 2 aromatic rings. The van der Waals surface area contributed by atoms with Crippen LogP contribution in [0.5, 0.6) is 23.0 Å². The highest BCUT2D eigenvalue weighted by molar-refractivity contribution is 5.75. The summed E-state index contributed by atoms with van der Waals surface area (Å²) in [6.07, 6.45) is 0.265. The lowest BCUT2D eigenvalue weighted by molar-refractivity contribution is -0.121. The molecule has 0 heterocycles. The van der Waals surface area contributed by atoms with Gasteiger partial charge in [0.2, 0.25) is 5.91 Å². The molecule has 0 aliphatic rings. The van der Waals surface area contributed by atoms with Gasteiger partial charge in [-0.25, -0.2) is 0 Å². The number of benzene rings is 2. The van der Waals surface area contributed by atoms with Gasteiger partial charge in [0.1, 0.15) is 18.1 Å². The van der Waals surface area contributed by atoms with Crippen molar-refractivity contribution in [1.82, 2.24) is 5.32 Å². The highest BCUT2D eigenvalue weighted by atomic mass is 16.5. The topological polar surface area (TPSA) is 66.0 Å². The van der Waals surface area contributed by atoms with Crippen molar-refractivity contribution in [3.05, 3.63) is 48.5 Å². The third-order valence-electron chi connectivity index (χ3n) is 3.48. The number of para-hydroxylation sites is 2. The number of methoxy groups -OCH3 is 1. The molecule has 26 heavy (non-hydrogen) atoms. The van der Waals surface area contributed by atoms with Gasteiger partial charge in [-0.3, -0.25) is 4.79 Å². The predicted molar refractivity (Wildman–Crippen MR) is 99.2 cm³/mol. The first-order valence-electron chi connectivity index (χ1n) is 8.61. The quantitative estimate of drug-likeness (QED) is 0.625. The minimum Gasteiger partial charge on any atom is -0.494 e. The molecule has 0 aromatic heterocycles. The lowest BCUT2D eigenvalue weighted by atomic mass is 10.3. The molecule has 0 aliphatic carbocycles. The first-order chi connectivity index (χ1) is 12.7. The number of carbonyl (C=O) groups excluding carboxylic acids is 1. The highest BCUT2D eigenvalue weighted by Gasteiger charge is 2.05. The zero-order valence-corrected chi connectivity index (χ0v) is 15.2. The third-order valence-corrected chi connectivity index (χ3v) is 3.48. The van der Waals surface area contributed by atoms with Gasteiger partial charge in [-0.05, 0) is 43.3 Å². The minimum atomic E-state index is -0.0878. The summed E-state index contributed by atoms with van der Waals surface area (Å²) in [5.41, 5.74) is 0. The first-order valence-corrected chi connectivity index (χ1v) is 8.61. The number of hydrogen-bond donors (Lipinski definition) is 1. The van der Waals surface area contributed by atoms with E-state index < -0.39 is 0 Å². The predicted octanol–water partition coefficient (Wildman–Crippen LogP) is 3.06. The molecule has 0 saturated heterocycles. The Kier molecular flexibility index (Phi) is 8.12. The normalized spacial score (nSPS) is 10.1. The average molecular weight is 359 g/mol. The van der Waals surface area contributed by atoms with Crippen molar-refractivity contribution in [3.8, 4) is 23.0 Å². The molecule has 0 fully saturated rings. The molecule has 1 amide bonds. The van der Waals surface area contributed by atoms with E-state index in [0.29, 0.717) is 31.3 Å². The van der Waals surface area contributed by atoms with E-state index in [4.69, 9.17) is 18.9 Å². The van der Waals surface area contributed by atoms with Crippen molar-refractivity contribution >= 4 is 5.91 Å². The molecular weight excluding hydrogens is 334 g/mol. The molecule has 0 spiro atoms. The van der Waals surface area contributed by atoms with Crippen molar-refractivity contribution in [2.24, 2.45) is 0 Å². The van der Waals surface area contributed by atoms with E-state index >= 15 is 0 Å². The van der Waals surface area contributed by atoms with E-state index in [1.54, 1.807) is 13.2 Å². The highest BCUT2D eigenvalue weighted by Crippen LogP contribution is 2.25. The number of ether oxygens (including phenoxy) is 4. The summed E-state index contributed by atoms with van der Waals surface area (Å²) >= 11 is 0. The van der Waals surface area contributed by atoms with Crippen molar-refractivity contribution in [3.63, 3.8) is 0 Å². The third kappa shape index (κ3) is 6.55. The van der Waals surface area contributed by atoms with Gasteiger partial charge in [0.15, 0.2) is 11.5 Å². The van der Waals surface area contributed by atoms with Gasteiger partial charge in [0.05, 0.1) is 33.3 Å². The Morgan fingerprint density at radius 1 is 0.885 bits per heavy atom. The largest absolute Gasteiger partial charge is 0.494 e. The van der Waals surface area contributed by atoms with Crippen LogP contribution in [0, 0.1) is 0 Å². The van der Waals surface area contributed by atoms with Gasteiger partial charge in [0.25, 0.3) is 0 Å². The summed E-state index contributed by atoms with van der Waals surface area (Å²) in [6.45, 7) is 3.68. The van der Waals surface area contributed by atoms with Gasteiger partial charge in [0, 0.05) is 0 Å². The maximum atomic E-state index is 11.8. The first kappa shape index (κ1) is 19.4. The molecule has 1 N–H and O–H groups in total. The Morgan fingerprint density at radius 2 is 1.54 bits per heavy atom. The lowest BCUT2D eigenvalue weighted by Crippen LogP contribution is -2.29. The SMILES string of the molecule is CCOc1ccc(OCCNC(=O)CCOc2ccccc2OC)cc1. The van der Waals surface area contributed by atoms with Crippen LogP contribution in [-0.4, -0.2) is 39.4 Å². The van der Waals surface area contributed by atoms with Gasteiger partial charge in [-0.2, -0.15) is 0 Å². The minimum absolute atomic E-state index is 0.0878. The maximum absolute atomic E-state index is 11.8. The fourth-order valence-corrected chi connectivity index (χ4v) is 2.24. The van der Waals surface area contributed by atoms with Gasteiger partial charge in [-0.15, -0.1) is 0 Å². The Labute approximate surface area is 154 Å². The summed E-state index contributed by atoms with van der Waals surface area (Å²) in [7, 11) is 1.58. The fourth-order valence-electron chi connectivity index (χ4n) is 2.24. The smallest absolute Gasteiger partial charge is 0.223 e. The summed E-state index contributed by atoms with van der Waals surface area (Å²) < 4.78 is 21.7. The van der Waals surface area contributed by atoms with E-state index in [2.05, 4.69) is 5.32 Å². The number of hydrogen-bond acceptors (Lipinski definition) is 5. The van der Waals surface area contributed by atoms with Crippen molar-refractivity contribution < 1.29 is 23.7 Å². The molecule has 0 atom stereocenters. The van der Waals surface area contributed by atoms with E-state index in [0.717, 1.165) is 11.5 Å². The average Bonchev–Trinajstić information content (AvgIpc) is 2.67. The zero-order chi connectivity index (χ0) is 18.6. The van der Waals surface area contributed by atoms with Crippen molar-refractivity contribution in [1.29, 1.82) is 0 Å². The number of rotatable bonds is 11. The second-order valence-corrected chi connectivity index (χ2v) is 5.35. The Morgan fingerprint density at radius 3 is 2.19 bits per heavy atom. The fraction of sp³-hybridized carbons (Fsp3) is 0.350. The van der Waals surface area contributed by atoms with Crippen LogP contribution in [0.3, 0.4) is 0 Å². The second kappa shape index (κ2) is 10.9. The van der Waals surface area contributed by atoms with Gasteiger partial charge >= 0.3 is 0 Å². The molecule has 6 nitrogen and oxygen atoms in total. The lowest BCUT2D eigenvalue weighted by Gasteiger charge is -2.11. The van der Waals surface area contributed by atoms with Crippen LogP contribution in [0.4, 0.5) is 0 Å². The molecule has 0 saturated carbocycles. The van der Waals surface area contributed by atoms with Crippen LogP contribution in [0.1, 0.15) is 13.3 Å². The van der Waals surface area contributed by atoms with Crippen LogP contribution < -0.4 is 24.3 Å². The summed E-state index contributed by atoms with van der Waals surface area (Å²) in [5.74, 6) is 2.74. The monoisotopic (exact) mass is 359 g/mol. The van der Waals surface area contributed by atoms with E-state index in [1.807, 2.05) is 49.4 Å². The molecule has 2 aromatic carbocycles. The molecule has 0 unspecified atom stereocenters. The number of amides is 1. The van der Waals surface area contributed by atoms with E-state index in [1.165, 1.54) is 0 Å². The molecule has 0 radical (unpaired) electrons. The standard InChI is InChI=1S/C20H25NO5/c1-3-24-16-8-10-17(11-9-16)25-15-13-21-20(22)12-14-26-19-7-5-4-6-18(19)23-2/h4-11H,3,12-15H2,1-2H3,(H,21,22). The number of nitrogens with one attached hydrogen (secondary N) is 1. The van der Waals surface area contributed by atoms with Crippen LogP contribution in [0.15, 0.2) is 48.5 Å². The van der Waals surface area contributed by atoms with Crippen LogP contribution in [-0.2, 0) is 4.79 Å². The molecular formula is C20H25NO5. The molecule has 6 heteroatoms. The van der Waals surface area contributed by atoms with E-state index in [-0.39, 0.29) is 18.9 Å². The summed E-state index contributed by atoms with van der Waals surface area (Å²) in [4.78, 5) is 11.8. The summed E-state index contributed by atoms with van der Waals surface area (Å²) in [5, 5.41) is 2.80. The molecule has 2 rings (SSSR count). The number of carbonyl (C=O) groups is 1. The molecule has 0 aliphatic heterocycles. The Hall–Kier alpha value is -2.89. The van der Waals surface area contributed by atoms with E-state index in [9.17, 15) is 4.79 Å². The summed E-state index contributed by atoms with van der Waals surface area (Å²) in [6, 6.07) is 14.7. The zero-order valence-electron chi connectivity index (χ0n) is 15.2.